The summed E-state index contributed by atoms with van der Waals surface area (Å²) in [7, 11) is 1.57. The summed E-state index contributed by atoms with van der Waals surface area (Å²) in [5.74, 6) is -0.640. The first-order chi connectivity index (χ1) is 13.9. The van der Waals surface area contributed by atoms with Crippen LogP contribution < -0.4 is 10.6 Å². The number of hydrogen-bond donors (Lipinski definition) is 2. The third-order valence-electron chi connectivity index (χ3n) is 5.17. The van der Waals surface area contributed by atoms with Gasteiger partial charge in [0.15, 0.2) is 0 Å². The molecule has 6 heteroatoms. The molecule has 2 aromatic rings. The van der Waals surface area contributed by atoms with Crippen LogP contribution in [0.5, 0.6) is 0 Å². The molecule has 152 valence electrons. The number of hydrogen-bond acceptors (Lipinski definition) is 3. The maximum absolute atomic E-state index is 12.9. The van der Waals surface area contributed by atoms with Crippen molar-refractivity contribution in [1.82, 2.24) is 10.2 Å². The molecule has 0 radical (unpaired) electrons. The summed E-state index contributed by atoms with van der Waals surface area (Å²) in [5.41, 5.74) is 3.84. The van der Waals surface area contributed by atoms with Crippen LogP contribution in [0.25, 0.3) is 0 Å². The molecule has 1 aliphatic rings. The molecule has 3 amide bonds. The fraction of sp³-hybridized carbons (Fsp3) is 0.348. The second-order valence-corrected chi connectivity index (χ2v) is 7.62. The van der Waals surface area contributed by atoms with E-state index in [1.807, 2.05) is 32.0 Å². The SMILES string of the molecule is CNC(=O)c1cccc(NC(=O)C2CCCN(C(=O)c3cc(C)cc(C)c3)C2)c1. The Labute approximate surface area is 171 Å². The van der Waals surface area contributed by atoms with Crippen molar-refractivity contribution in [1.29, 1.82) is 0 Å². The van der Waals surface area contributed by atoms with Crippen molar-refractivity contribution >= 4 is 23.4 Å². The normalized spacial score (nSPS) is 16.2. The monoisotopic (exact) mass is 393 g/mol. The molecular formula is C23H27N3O3. The molecule has 0 aliphatic carbocycles. The molecule has 0 spiro atoms. The van der Waals surface area contributed by atoms with Crippen molar-refractivity contribution in [2.75, 3.05) is 25.5 Å². The quantitative estimate of drug-likeness (QED) is 0.838. The van der Waals surface area contributed by atoms with Crippen LogP contribution >= 0.6 is 0 Å². The predicted octanol–water partition coefficient (Wildman–Crippen LogP) is 3.15. The fourth-order valence-electron chi connectivity index (χ4n) is 3.78. The number of piperidine rings is 1. The highest BCUT2D eigenvalue weighted by atomic mass is 16.2. The molecule has 0 aromatic heterocycles. The molecule has 6 nitrogen and oxygen atoms in total. The van der Waals surface area contributed by atoms with Gasteiger partial charge in [-0.2, -0.15) is 0 Å². The van der Waals surface area contributed by atoms with Crippen molar-refractivity contribution in [3.05, 3.63) is 64.7 Å². The minimum Gasteiger partial charge on any atom is -0.355 e. The lowest BCUT2D eigenvalue weighted by atomic mass is 9.96. The fourth-order valence-corrected chi connectivity index (χ4v) is 3.78. The summed E-state index contributed by atoms with van der Waals surface area (Å²) < 4.78 is 0. The molecule has 1 aliphatic heterocycles. The lowest BCUT2D eigenvalue weighted by molar-refractivity contribution is -0.121. The minimum absolute atomic E-state index is 0.0316. The van der Waals surface area contributed by atoms with E-state index in [0.29, 0.717) is 29.9 Å². The molecule has 3 rings (SSSR count). The van der Waals surface area contributed by atoms with Crippen LogP contribution in [0.1, 0.15) is 44.7 Å². The van der Waals surface area contributed by atoms with Crippen LogP contribution in [-0.2, 0) is 4.79 Å². The molecule has 1 atom stereocenters. The number of anilines is 1. The van der Waals surface area contributed by atoms with E-state index >= 15 is 0 Å². The largest absolute Gasteiger partial charge is 0.355 e. The van der Waals surface area contributed by atoms with Gasteiger partial charge in [0.2, 0.25) is 5.91 Å². The number of rotatable bonds is 4. The van der Waals surface area contributed by atoms with Gasteiger partial charge in [-0.15, -0.1) is 0 Å². The van der Waals surface area contributed by atoms with Gasteiger partial charge in [0.25, 0.3) is 11.8 Å². The summed E-state index contributed by atoms with van der Waals surface area (Å²) in [5, 5.41) is 5.46. The van der Waals surface area contributed by atoms with Crippen molar-refractivity contribution in [3.63, 3.8) is 0 Å². The first kappa shape index (κ1) is 20.6. The summed E-state index contributed by atoms with van der Waals surface area (Å²) in [4.78, 5) is 39.3. The van der Waals surface area contributed by atoms with Crippen molar-refractivity contribution in [3.8, 4) is 0 Å². The number of carbonyl (C=O) groups excluding carboxylic acids is 3. The van der Waals surface area contributed by atoms with E-state index in [4.69, 9.17) is 0 Å². The third-order valence-corrected chi connectivity index (χ3v) is 5.17. The van der Waals surface area contributed by atoms with E-state index in [1.165, 1.54) is 0 Å². The van der Waals surface area contributed by atoms with E-state index in [2.05, 4.69) is 10.6 Å². The number of nitrogens with one attached hydrogen (secondary N) is 2. The van der Waals surface area contributed by atoms with Crippen LogP contribution in [-0.4, -0.2) is 42.8 Å². The Morgan fingerprint density at radius 2 is 1.72 bits per heavy atom. The van der Waals surface area contributed by atoms with Crippen LogP contribution in [0.15, 0.2) is 42.5 Å². The first-order valence-corrected chi connectivity index (χ1v) is 9.88. The summed E-state index contributed by atoms with van der Waals surface area (Å²) in [6.07, 6.45) is 1.52. The Hall–Kier alpha value is -3.15. The van der Waals surface area contributed by atoms with E-state index in [1.54, 1.807) is 36.2 Å². The summed E-state index contributed by atoms with van der Waals surface area (Å²) in [6.45, 7) is 5.00. The van der Waals surface area contributed by atoms with Gasteiger partial charge in [-0.1, -0.05) is 23.3 Å². The topological polar surface area (TPSA) is 78.5 Å². The smallest absolute Gasteiger partial charge is 0.253 e. The van der Waals surface area contributed by atoms with E-state index < -0.39 is 0 Å². The summed E-state index contributed by atoms with van der Waals surface area (Å²) in [6, 6.07) is 12.7. The van der Waals surface area contributed by atoms with Crippen molar-refractivity contribution < 1.29 is 14.4 Å². The third kappa shape index (κ3) is 5.02. The van der Waals surface area contributed by atoms with Gasteiger partial charge in [-0.3, -0.25) is 14.4 Å². The van der Waals surface area contributed by atoms with Crippen LogP contribution in [0.3, 0.4) is 0 Å². The zero-order valence-corrected chi connectivity index (χ0v) is 17.1. The molecule has 1 saturated heterocycles. The van der Waals surface area contributed by atoms with Crippen LogP contribution in [0.4, 0.5) is 5.69 Å². The standard InChI is InChI=1S/C23H27N3O3/c1-15-10-16(2)12-19(11-15)23(29)26-9-5-7-18(14-26)22(28)25-20-8-4-6-17(13-20)21(27)24-3/h4,6,8,10-13,18H,5,7,9,14H2,1-3H3,(H,24,27)(H,25,28). The number of carbonyl (C=O) groups is 3. The molecule has 1 heterocycles. The Bertz CT molecular complexity index is 918. The maximum atomic E-state index is 12.9. The molecule has 0 saturated carbocycles. The molecule has 2 aromatic carbocycles. The van der Waals surface area contributed by atoms with E-state index in [-0.39, 0.29) is 23.6 Å². The highest BCUT2D eigenvalue weighted by Gasteiger charge is 2.29. The van der Waals surface area contributed by atoms with E-state index in [0.717, 1.165) is 24.0 Å². The Balaban J connectivity index is 1.68. The zero-order valence-electron chi connectivity index (χ0n) is 17.1. The highest BCUT2D eigenvalue weighted by molar-refractivity contribution is 5.98. The lowest BCUT2D eigenvalue weighted by Gasteiger charge is -2.32. The van der Waals surface area contributed by atoms with E-state index in [9.17, 15) is 14.4 Å². The predicted molar refractivity (Wildman–Crippen MR) is 113 cm³/mol. The second kappa shape index (κ2) is 8.90. The zero-order chi connectivity index (χ0) is 21.0. The molecule has 29 heavy (non-hydrogen) atoms. The average molecular weight is 393 g/mol. The Kier molecular flexibility index (Phi) is 6.32. The van der Waals surface area contributed by atoms with Gasteiger partial charge in [0, 0.05) is 37.0 Å². The van der Waals surface area contributed by atoms with Gasteiger partial charge in [0.05, 0.1) is 5.92 Å². The Morgan fingerprint density at radius 1 is 1.00 bits per heavy atom. The van der Waals surface area contributed by atoms with Gasteiger partial charge >= 0.3 is 0 Å². The van der Waals surface area contributed by atoms with Crippen LogP contribution in [0.2, 0.25) is 0 Å². The molecule has 2 N–H and O–H groups in total. The van der Waals surface area contributed by atoms with Gasteiger partial charge in [-0.25, -0.2) is 0 Å². The Morgan fingerprint density at radius 3 is 2.41 bits per heavy atom. The minimum atomic E-state index is -0.276. The molecule has 1 unspecified atom stereocenters. The maximum Gasteiger partial charge on any atom is 0.253 e. The average Bonchev–Trinajstić information content (AvgIpc) is 2.72. The number of benzene rings is 2. The molecule has 1 fully saturated rings. The number of nitrogens with zero attached hydrogens (tertiary/aromatic N) is 1. The first-order valence-electron chi connectivity index (χ1n) is 9.88. The van der Waals surface area contributed by atoms with Crippen molar-refractivity contribution in [2.45, 2.75) is 26.7 Å². The molecular weight excluding hydrogens is 366 g/mol. The molecule has 0 bridgehead atoms. The van der Waals surface area contributed by atoms with Crippen LogP contribution in [0, 0.1) is 19.8 Å². The summed E-state index contributed by atoms with van der Waals surface area (Å²) >= 11 is 0. The van der Waals surface area contributed by atoms with Gasteiger partial charge in [0.1, 0.15) is 0 Å². The van der Waals surface area contributed by atoms with Crippen molar-refractivity contribution in [2.24, 2.45) is 5.92 Å². The highest BCUT2D eigenvalue weighted by Crippen LogP contribution is 2.22. The number of aryl methyl sites for hydroxylation is 2. The van der Waals surface area contributed by atoms with Gasteiger partial charge in [-0.05, 0) is 57.0 Å². The number of amides is 3. The van der Waals surface area contributed by atoms with Gasteiger partial charge < -0.3 is 15.5 Å². The lowest BCUT2D eigenvalue weighted by Crippen LogP contribution is -2.43. The second-order valence-electron chi connectivity index (χ2n) is 7.62. The number of likely N-dealkylation sites (tertiary alicyclic amines) is 1.